The summed E-state index contributed by atoms with van der Waals surface area (Å²) < 4.78 is 21.3. The third kappa shape index (κ3) is 6.88. The zero-order valence-corrected chi connectivity index (χ0v) is 19.8. The van der Waals surface area contributed by atoms with Gasteiger partial charge in [-0.15, -0.1) is 0 Å². The number of rotatable bonds is 4. The summed E-state index contributed by atoms with van der Waals surface area (Å²) in [7, 11) is -5.22. The van der Waals surface area contributed by atoms with Crippen LogP contribution in [0.3, 0.4) is 0 Å². The Labute approximate surface area is 202 Å². The maximum atomic E-state index is 10.5. The summed E-state index contributed by atoms with van der Waals surface area (Å²) in [5.41, 5.74) is 6.19. The van der Waals surface area contributed by atoms with Gasteiger partial charge >= 0.3 is 59.1 Å². The first-order valence-corrected chi connectivity index (χ1v) is 7.85. The molecule has 0 radical (unpaired) electrons. The van der Waals surface area contributed by atoms with Crippen LogP contribution in [-0.2, 0) is 13.8 Å². The third-order valence-electron chi connectivity index (χ3n) is 3.40. The molecule has 0 amide bonds. The molecule has 1 aliphatic rings. The standard InChI is InChI=1S/C10H14N5O7P.2Na.3H2O/c11-8-5-9(13-2-12-8)15(3-14-5)10-7(17)6(16)4(22-10)1-21-23(18,19)20;;;;;/h2-4,6-7,10,16-17H,1H2,(H2,11,12,13)(H2,18,19,20);;;3*1H2/q;2*+1;;;/p-2/t4-,6-,7-,10-;;;;;/m1...../s1. The van der Waals surface area contributed by atoms with E-state index in [0.717, 1.165) is 0 Å². The van der Waals surface area contributed by atoms with Crippen molar-refractivity contribution in [3.63, 3.8) is 0 Å². The van der Waals surface area contributed by atoms with Gasteiger partial charge < -0.3 is 56.0 Å². The minimum atomic E-state index is -5.22. The van der Waals surface area contributed by atoms with Crippen LogP contribution in [0.2, 0.25) is 0 Å². The number of aromatic nitrogens is 4. The Hall–Kier alpha value is 0.220. The molecule has 0 spiro atoms. The van der Waals surface area contributed by atoms with Crippen LogP contribution in [-0.4, -0.2) is 71.1 Å². The van der Waals surface area contributed by atoms with Crippen molar-refractivity contribution in [2.75, 3.05) is 12.3 Å². The smallest absolute Gasteiger partial charge is 0.790 e. The number of hydrogen-bond acceptors (Lipinski definition) is 11. The Bertz CT molecular complexity index is 778. The van der Waals surface area contributed by atoms with Gasteiger partial charge in [-0.25, -0.2) is 15.0 Å². The maximum absolute atomic E-state index is 10.5. The van der Waals surface area contributed by atoms with E-state index >= 15 is 0 Å². The molecule has 1 aliphatic heterocycles. The monoisotopic (exact) mass is 445 g/mol. The van der Waals surface area contributed by atoms with Crippen LogP contribution >= 0.6 is 7.82 Å². The molecule has 150 valence electrons. The summed E-state index contributed by atoms with van der Waals surface area (Å²) in [6, 6.07) is 0. The number of nitrogens with zero attached hydrogens (tertiary/aromatic N) is 4. The molecule has 18 heteroatoms. The van der Waals surface area contributed by atoms with Gasteiger partial charge in [-0.1, -0.05) is 0 Å². The summed E-state index contributed by atoms with van der Waals surface area (Å²) in [4.78, 5) is 32.8. The molecule has 15 nitrogen and oxygen atoms in total. The minimum Gasteiger partial charge on any atom is -0.790 e. The van der Waals surface area contributed by atoms with Crippen molar-refractivity contribution in [1.29, 1.82) is 0 Å². The van der Waals surface area contributed by atoms with Gasteiger partial charge in [0, 0.05) is 0 Å². The van der Waals surface area contributed by atoms with Crippen molar-refractivity contribution in [3.8, 4) is 0 Å². The van der Waals surface area contributed by atoms with Crippen LogP contribution in [0, 0.1) is 0 Å². The topological polar surface area (TPSA) is 286 Å². The quantitative estimate of drug-likeness (QED) is 0.293. The number of aliphatic hydroxyl groups excluding tert-OH is 2. The van der Waals surface area contributed by atoms with Crippen molar-refractivity contribution in [3.05, 3.63) is 12.7 Å². The first-order valence-electron chi connectivity index (χ1n) is 6.39. The molecule has 2 aromatic heterocycles. The number of phosphoric acid groups is 1. The molecule has 1 saturated heterocycles. The van der Waals surface area contributed by atoms with Crippen LogP contribution in [0.25, 0.3) is 11.2 Å². The molecular formula is C10H18N5Na2O10P. The molecule has 3 rings (SSSR count). The predicted octanol–water partition coefficient (Wildman–Crippen LogP) is -11.6. The molecular weight excluding hydrogens is 427 g/mol. The molecule has 0 aromatic carbocycles. The fraction of sp³-hybridized carbons (Fsp3) is 0.500. The summed E-state index contributed by atoms with van der Waals surface area (Å²) in [5.74, 6) is 0.125. The Morgan fingerprint density at radius 3 is 2.36 bits per heavy atom. The van der Waals surface area contributed by atoms with Gasteiger partial charge in [0.1, 0.15) is 30.2 Å². The Kier molecular flexibility index (Phi) is 15.0. The first-order chi connectivity index (χ1) is 10.8. The largest absolute Gasteiger partial charge is 1.00 e. The average Bonchev–Trinajstić information content (AvgIpc) is 3.01. The molecule has 0 saturated carbocycles. The number of nitrogens with two attached hydrogens (primary N) is 1. The zero-order valence-electron chi connectivity index (χ0n) is 14.9. The van der Waals surface area contributed by atoms with E-state index in [1.54, 1.807) is 0 Å². The SMILES string of the molecule is Nc1ncnc2c1ncn2[C@@H]1O[C@H](COP(=O)([O-])[O-])[C@@H](O)[C@H]1O.O.O.O.[Na+].[Na+]. The summed E-state index contributed by atoms with van der Waals surface area (Å²) in [6.45, 7) is -0.719. The summed E-state index contributed by atoms with van der Waals surface area (Å²) in [6.07, 6.45) is -2.75. The number of imidazole rings is 1. The van der Waals surface area contributed by atoms with E-state index in [2.05, 4.69) is 19.5 Å². The van der Waals surface area contributed by atoms with Gasteiger partial charge in [0.15, 0.2) is 17.7 Å². The second kappa shape index (κ2) is 12.8. The number of nitrogen functional groups attached to an aromatic ring is 1. The summed E-state index contributed by atoms with van der Waals surface area (Å²) >= 11 is 0. The number of ether oxygens (including phenoxy) is 1. The Balaban J connectivity index is -0.00000125. The van der Waals surface area contributed by atoms with Gasteiger partial charge in [-0.3, -0.25) is 4.57 Å². The Morgan fingerprint density at radius 1 is 1.18 bits per heavy atom. The van der Waals surface area contributed by atoms with Crippen molar-refractivity contribution in [2.24, 2.45) is 0 Å². The molecule has 28 heavy (non-hydrogen) atoms. The number of anilines is 1. The van der Waals surface area contributed by atoms with Crippen LogP contribution in [0.5, 0.6) is 0 Å². The second-order valence-corrected chi connectivity index (χ2v) is 6.02. The van der Waals surface area contributed by atoms with E-state index in [9.17, 15) is 24.6 Å². The molecule has 0 bridgehead atoms. The first kappa shape index (κ1) is 32.9. The normalized spacial score (nSPS) is 23.4. The molecule has 10 N–H and O–H groups in total. The number of phosphoric ester groups is 1. The zero-order chi connectivity index (χ0) is 16.8. The number of hydrogen-bond donors (Lipinski definition) is 3. The van der Waals surface area contributed by atoms with E-state index in [1.165, 1.54) is 17.2 Å². The van der Waals surface area contributed by atoms with Crippen molar-refractivity contribution >= 4 is 24.8 Å². The van der Waals surface area contributed by atoms with Crippen molar-refractivity contribution in [2.45, 2.75) is 24.5 Å². The van der Waals surface area contributed by atoms with Gasteiger partial charge in [-0.2, -0.15) is 0 Å². The molecule has 2 aromatic rings. The predicted molar refractivity (Wildman–Crippen MR) is 80.1 cm³/mol. The fourth-order valence-electron chi connectivity index (χ4n) is 2.32. The van der Waals surface area contributed by atoms with Gasteiger partial charge in [0.05, 0.1) is 20.8 Å². The van der Waals surface area contributed by atoms with E-state index in [1.807, 2.05) is 0 Å². The minimum absolute atomic E-state index is 0. The van der Waals surface area contributed by atoms with Crippen molar-refractivity contribution < 1.29 is 109 Å². The molecule has 0 aliphatic carbocycles. The molecule has 1 fully saturated rings. The van der Waals surface area contributed by atoms with Crippen molar-refractivity contribution in [1.82, 2.24) is 19.5 Å². The number of fused-ring (bicyclic) bond motifs is 1. The van der Waals surface area contributed by atoms with E-state index in [-0.39, 0.29) is 92.5 Å². The summed E-state index contributed by atoms with van der Waals surface area (Å²) in [5, 5.41) is 20.0. The maximum Gasteiger partial charge on any atom is 1.00 e. The second-order valence-electron chi connectivity index (χ2n) is 4.87. The molecule has 4 atom stereocenters. The fourth-order valence-corrected chi connectivity index (χ4v) is 2.65. The average molecular weight is 445 g/mol. The van der Waals surface area contributed by atoms with Crippen LogP contribution in [0.1, 0.15) is 6.23 Å². The van der Waals surface area contributed by atoms with Crippen LogP contribution in [0.4, 0.5) is 5.82 Å². The third-order valence-corrected chi connectivity index (χ3v) is 3.86. The molecule has 0 unspecified atom stereocenters. The van der Waals surface area contributed by atoms with Gasteiger partial charge in [0.2, 0.25) is 0 Å². The Morgan fingerprint density at radius 2 is 1.79 bits per heavy atom. The van der Waals surface area contributed by atoms with Crippen LogP contribution < -0.4 is 74.6 Å². The van der Waals surface area contributed by atoms with E-state index in [4.69, 9.17) is 10.5 Å². The molecule has 3 heterocycles. The van der Waals surface area contributed by atoms with Crippen LogP contribution in [0.15, 0.2) is 12.7 Å². The van der Waals surface area contributed by atoms with E-state index in [0.29, 0.717) is 0 Å². The van der Waals surface area contributed by atoms with Gasteiger partial charge in [0.25, 0.3) is 0 Å². The van der Waals surface area contributed by atoms with Gasteiger partial charge in [-0.05, 0) is 0 Å². The van der Waals surface area contributed by atoms with E-state index < -0.39 is 39.0 Å². The number of aliphatic hydroxyl groups is 2.